The van der Waals surface area contributed by atoms with Crippen molar-refractivity contribution in [2.45, 2.75) is 45.3 Å². The topological polar surface area (TPSA) is 55.6 Å². The van der Waals surface area contributed by atoms with E-state index in [0.717, 1.165) is 25.8 Å². The van der Waals surface area contributed by atoms with Crippen LogP contribution in [0.2, 0.25) is 0 Å². The highest BCUT2D eigenvalue weighted by Crippen LogP contribution is 2.27. The lowest BCUT2D eigenvalue weighted by Gasteiger charge is -2.39. The Morgan fingerprint density at radius 1 is 1.41 bits per heavy atom. The van der Waals surface area contributed by atoms with E-state index in [2.05, 4.69) is 6.92 Å². The lowest BCUT2D eigenvalue weighted by Crippen LogP contribution is -2.51. The second-order valence-electron chi connectivity index (χ2n) is 5.63. The highest BCUT2D eigenvalue weighted by Gasteiger charge is 2.36. The lowest BCUT2D eigenvalue weighted by atomic mass is 9.91. The van der Waals surface area contributed by atoms with Gasteiger partial charge >= 0.3 is 0 Å². The Morgan fingerprint density at radius 2 is 2.18 bits per heavy atom. The first-order valence-corrected chi connectivity index (χ1v) is 6.74. The van der Waals surface area contributed by atoms with Gasteiger partial charge in [0.15, 0.2) is 0 Å². The van der Waals surface area contributed by atoms with Crippen LogP contribution in [-0.4, -0.2) is 42.6 Å². The molecule has 98 valence electrons. The minimum atomic E-state index is 0.0625. The summed E-state index contributed by atoms with van der Waals surface area (Å²) in [6, 6.07) is 0.238. The van der Waals surface area contributed by atoms with Gasteiger partial charge in [-0.1, -0.05) is 6.92 Å². The number of carbonyl (C=O) groups is 1. The van der Waals surface area contributed by atoms with Crippen LogP contribution in [0, 0.1) is 11.8 Å². The first kappa shape index (κ1) is 12.8. The SMILES string of the molecule is CC1CCN(C(=O)C2COC(C)C2)C(CN)C1. The Hall–Kier alpha value is -0.610. The van der Waals surface area contributed by atoms with Crippen LogP contribution in [0.25, 0.3) is 0 Å². The summed E-state index contributed by atoms with van der Waals surface area (Å²) < 4.78 is 5.49. The number of amides is 1. The fraction of sp³-hybridized carbons (Fsp3) is 0.923. The summed E-state index contributed by atoms with van der Waals surface area (Å²) in [6.45, 7) is 6.31. The molecule has 4 heteroatoms. The number of hydrogen-bond donors (Lipinski definition) is 1. The largest absolute Gasteiger partial charge is 0.378 e. The number of rotatable bonds is 2. The Bertz CT molecular complexity index is 283. The lowest BCUT2D eigenvalue weighted by molar-refractivity contribution is -0.139. The summed E-state index contributed by atoms with van der Waals surface area (Å²) >= 11 is 0. The van der Waals surface area contributed by atoms with Gasteiger partial charge in [0.05, 0.1) is 18.6 Å². The summed E-state index contributed by atoms with van der Waals surface area (Å²) in [5, 5.41) is 0. The van der Waals surface area contributed by atoms with Crippen molar-refractivity contribution >= 4 is 5.91 Å². The molecule has 4 nitrogen and oxygen atoms in total. The minimum Gasteiger partial charge on any atom is -0.378 e. The van der Waals surface area contributed by atoms with Gasteiger partial charge in [0, 0.05) is 19.1 Å². The summed E-state index contributed by atoms with van der Waals surface area (Å²) in [5.41, 5.74) is 5.79. The van der Waals surface area contributed by atoms with Gasteiger partial charge in [0.25, 0.3) is 0 Å². The van der Waals surface area contributed by atoms with Gasteiger partial charge in [-0.15, -0.1) is 0 Å². The van der Waals surface area contributed by atoms with Crippen molar-refractivity contribution in [1.29, 1.82) is 0 Å². The molecule has 0 saturated carbocycles. The van der Waals surface area contributed by atoms with Crippen LogP contribution >= 0.6 is 0 Å². The molecule has 2 aliphatic rings. The molecule has 2 aliphatic heterocycles. The summed E-state index contributed by atoms with van der Waals surface area (Å²) in [5.74, 6) is 1.01. The number of nitrogens with zero attached hydrogens (tertiary/aromatic N) is 1. The molecule has 2 saturated heterocycles. The van der Waals surface area contributed by atoms with Crippen LogP contribution in [0.3, 0.4) is 0 Å². The molecule has 4 atom stereocenters. The van der Waals surface area contributed by atoms with Gasteiger partial charge in [0.2, 0.25) is 5.91 Å². The number of hydrogen-bond acceptors (Lipinski definition) is 3. The van der Waals surface area contributed by atoms with Crippen molar-refractivity contribution in [2.24, 2.45) is 17.6 Å². The van der Waals surface area contributed by atoms with Crippen molar-refractivity contribution < 1.29 is 9.53 Å². The fourth-order valence-electron chi connectivity index (χ4n) is 2.99. The standard InChI is InChI=1S/C13H24N2O2/c1-9-3-4-15(12(5-9)7-14)13(16)11-6-10(2)17-8-11/h9-12H,3-8,14H2,1-2H3. The summed E-state index contributed by atoms with van der Waals surface area (Å²) in [7, 11) is 0. The molecule has 0 aromatic heterocycles. The van der Waals surface area contributed by atoms with Crippen molar-refractivity contribution in [2.75, 3.05) is 19.7 Å². The molecule has 0 bridgehead atoms. The van der Waals surface area contributed by atoms with Crippen LogP contribution in [0.4, 0.5) is 0 Å². The first-order valence-electron chi connectivity index (χ1n) is 6.74. The van der Waals surface area contributed by atoms with Crippen molar-refractivity contribution in [3.05, 3.63) is 0 Å². The number of nitrogens with two attached hydrogens (primary N) is 1. The number of likely N-dealkylation sites (tertiary alicyclic amines) is 1. The number of piperidine rings is 1. The molecule has 1 amide bonds. The second-order valence-corrected chi connectivity index (χ2v) is 5.63. The predicted octanol–water partition coefficient (Wildman–Crippen LogP) is 0.997. The van der Waals surface area contributed by atoms with Gasteiger partial charge in [-0.3, -0.25) is 4.79 Å². The van der Waals surface area contributed by atoms with E-state index in [9.17, 15) is 4.79 Å². The average molecular weight is 240 g/mol. The van der Waals surface area contributed by atoms with Crippen LogP contribution in [-0.2, 0) is 9.53 Å². The van der Waals surface area contributed by atoms with Gasteiger partial charge in [-0.25, -0.2) is 0 Å². The molecule has 2 rings (SSSR count). The number of carbonyl (C=O) groups excluding carboxylic acids is 1. The molecule has 0 radical (unpaired) electrons. The van der Waals surface area contributed by atoms with E-state index >= 15 is 0 Å². The van der Waals surface area contributed by atoms with Gasteiger partial charge in [-0.05, 0) is 32.1 Å². The normalized spacial score (nSPS) is 38.4. The zero-order valence-corrected chi connectivity index (χ0v) is 10.9. The highest BCUT2D eigenvalue weighted by atomic mass is 16.5. The van der Waals surface area contributed by atoms with E-state index < -0.39 is 0 Å². The highest BCUT2D eigenvalue weighted by molar-refractivity contribution is 5.79. The van der Waals surface area contributed by atoms with Crippen molar-refractivity contribution in [3.63, 3.8) is 0 Å². The molecular weight excluding hydrogens is 216 g/mol. The maximum Gasteiger partial charge on any atom is 0.228 e. The summed E-state index contributed by atoms with van der Waals surface area (Å²) in [6.07, 6.45) is 3.24. The van der Waals surface area contributed by atoms with Crippen LogP contribution in [0.5, 0.6) is 0 Å². The van der Waals surface area contributed by atoms with E-state index in [1.807, 2.05) is 11.8 Å². The summed E-state index contributed by atoms with van der Waals surface area (Å²) in [4.78, 5) is 14.4. The number of ether oxygens (including phenoxy) is 1. The molecule has 2 heterocycles. The van der Waals surface area contributed by atoms with Crippen LogP contribution < -0.4 is 5.73 Å². The zero-order valence-electron chi connectivity index (χ0n) is 10.9. The Kier molecular flexibility index (Phi) is 4.05. The van der Waals surface area contributed by atoms with E-state index in [-0.39, 0.29) is 24.0 Å². The van der Waals surface area contributed by atoms with Gasteiger partial charge in [0.1, 0.15) is 0 Å². The van der Waals surface area contributed by atoms with Crippen LogP contribution in [0.1, 0.15) is 33.1 Å². The van der Waals surface area contributed by atoms with Crippen molar-refractivity contribution in [3.8, 4) is 0 Å². The van der Waals surface area contributed by atoms with E-state index in [1.165, 1.54) is 0 Å². The monoisotopic (exact) mass is 240 g/mol. The molecule has 4 unspecified atom stereocenters. The molecule has 17 heavy (non-hydrogen) atoms. The van der Waals surface area contributed by atoms with E-state index in [4.69, 9.17) is 10.5 Å². The molecular formula is C13H24N2O2. The van der Waals surface area contributed by atoms with E-state index in [1.54, 1.807) is 0 Å². The molecule has 0 aromatic rings. The molecule has 2 N–H and O–H groups in total. The third-order valence-electron chi connectivity index (χ3n) is 4.08. The predicted molar refractivity (Wildman–Crippen MR) is 66.5 cm³/mol. The Morgan fingerprint density at radius 3 is 2.76 bits per heavy atom. The Balaban J connectivity index is 1.98. The third-order valence-corrected chi connectivity index (χ3v) is 4.08. The van der Waals surface area contributed by atoms with E-state index in [0.29, 0.717) is 19.1 Å². The smallest absolute Gasteiger partial charge is 0.228 e. The molecule has 0 aliphatic carbocycles. The van der Waals surface area contributed by atoms with Gasteiger partial charge < -0.3 is 15.4 Å². The Labute approximate surface area is 103 Å². The quantitative estimate of drug-likeness (QED) is 0.783. The zero-order chi connectivity index (χ0) is 12.4. The fourth-order valence-corrected chi connectivity index (χ4v) is 2.99. The second kappa shape index (κ2) is 5.36. The third kappa shape index (κ3) is 2.80. The van der Waals surface area contributed by atoms with Gasteiger partial charge in [-0.2, -0.15) is 0 Å². The minimum absolute atomic E-state index is 0.0625. The maximum absolute atomic E-state index is 12.4. The molecule has 0 spiro atoms. The maximum atomic E-state index is 12.4. The van der Waals surface area contributed by atoms with Crippen LogP contribution in [0.15, 0.2) is 0 Å². The molecule has 2 fully saturated rings. The van der Waals surface area contributed by atoms with Crippen molar-refractivity contribution in [1.82, 2.24) is 4.90 Å². The average Bonchev–Trinajstić information content (AvgIpc) is 2.75. The first-order chi connectivity index (χ1) is 8.11. The molecule has 0 aromatic carbocycles.